The van der Waals surface area contributed by atoms with Gasteiger partial charge in [0.1, 0.15) is 0 Å². The molecule has 0 heterocycles. The normalized spacial score (nSPS) is 26.5. The average Bonchev–Trinajstić information content (AvgIpc) is 2.32. The third-order valence-electron chi connectivity index (χ3n) is 3.16. The first-order valence-electron chi connectivity index (χ1n) is 6.71. The van der Waals surface area contributed by atoms with E-state index in [0.29, 0.717) is 26.4 Å². The maximum Gasteiger partial charge on any atom is 0.0835 e. The number of aliphatic hydroxyl groups is 1. The minimum Gasteiger partial charge on any atom is -0.390 e. The zero-order valence-corrected chi connectivity index (χ0v) is 10.9. The molecule has 1 aliphatic rings. The van der Waals surface area contributed by atoms with Gasteiger partial charge >= 0.3 is 0 Å². The molecule has 1 N–H and O–H groups in total. The van der Waals surface area contributed by atoms with Crippen LogP contribution in [0.25, 0.3) is 0 Å². The first kappa shape index (κ1) is 14.9. The summed E-state index contributed by atoms with van der Waals surface area (Å²) in [6.45, 7) is 2.36. The molecule has 4 heteroatoms. The molecule has 1 rings (SSSR count). The average molecular weight is 246 g/mol. The number of ether oxygens (including phenoxy) is 3. The molecule has 0 saturated heterocycles. The highest BCUT2D eigenvalue weighted by molar-refractivity contribution is 4.72. The van der Waals surface area contributed by atoms with Crippen molar-refractivity contribution in [2.24, 2.45) is 0 Å². The molecule has 0 aromatic carbocycles. The summed E-state index contributed by atoms with van der Waals surface area (Å²) in [7, 11) is 1.66. The van der Waals surface area contributed by atoms with E-state index in [1.165, 1.54) is 12.8 Å². The number of rotatable bonds is 7. The molecular weight excluding hydrogens is 220 g/mol. The molecule has 0 spiro atoms. The van der Waals surface area contributed by atoms with Gasteiger partial charge < -0.3 is 19.3 Å². The topological polar surface area (TPSA) is 47.9 Å². The molecule has 0 aromatic heterocycles. The van der Waals surface area contributed by atoms with Crippen LogP contribution in [0.15, 0.2) is 0 Å². The van der Waals surface area contributed by atoms with Gasteiger partial charge in [0.05, 0.1) is 38.6 Å². The van der Waals surface area contributed by atoms with Gasteiger partial charge in [0.15, 0.2) is 0 Å². The van der Waals surface area contributed by atoms with Crippen molar-refractivity contribution in [2.75, 3.05) is 33.5 Å². The van der Waals surface area contributed by atoms with Gasteiger partial charge in [-0.25, -0.2) is 0 Å². The van der Waals surface area contributed by atoms with E-state index in [1.807, 2.05) is 0 Å². The monoisotopic (exact) mass is 246 g/mol. The highest BCUT2D eigenvalue weighted by atomic mass is 16.5. The zero-order valence-electron chi connectivity index (χ0n) is 10.9. The second-order valence-corrected chi connectivity index (χ2v) is 4.57. The lowest BCUT2D eigenvalue weighted by Crippen LogP contribution is -2.31. The minimum absolute atomic E-state index is 0.00123. The molecule has 1 saturated carbocycles. The Morgan fingerprint density at radius 3 is 2.41 bits per heavy atom. The molecule has 0 amide bonds. The molecule has 4 nitrogen and oxygen atoms in total. The van der Waals surface area contributed by atoms with E-state index in [1.54, 1.807) is 7.11 Å². The summed E-state index contributed by atoms with van der Waals surface area (Å²) in [6, 6.07) is 0. The number of methoxy groups -OCH3 is 1. The van der Waals surface area contributed by atoms with Crippen LogP contribution in [0, 0.1) is 0 Å². The Morgan fingerprint density at radius 1 is 0.941 bits per heavy atom. The van der Waals surface area contributed by atoms with E-state index in [-0.39, 0.29) is 12.2 Å². The fourth-order valence-electron chi connectivity index (χ4n) is 2.13. The van der Waals surface area contributed by atoms with Crippen LogP contribution in [0.1, 0.15) is 38.5 Å². The van der Waals surface area contributed by atoms with E-state index >= 15 is 0 Å². The molecule has 17 heavy (non-hydrogen) atoms. The molecular formula is C13H26O4. The van der Waals surface area contributed by atoms with Crippen LogP contribution in [0.4, 0.5) is 0 Å². The smallest absolute Gasteiger partial charge is 0.0835 e. The molecule has 102 valence electrons. The summed E-state index contributed by atoms with van der Waals surface area (Å²) in [5.74, 6) is 0. The Labute approximate surface area is 104 Å². The summed E-state index contributed by atoms with van der Waals surface area (Å²) < 4.78 is 15.9. The lowest BCUT2D eigenvalue weighted by Gasteiger charge is -2.25. The van der Waals surface area contributed by atoms with Crippen LogP contribution in [0.2, 0.25) is 0 Å². The predicted octanol–water partition coefficient (Wildman–Crippen LogP) is 1.75. The Balaban J connectivity index is 2.06. The van der Waals surface area contributed by atoms with Crippen molar-refractivity contribution in [3.63, 3.8) is 0 Å². The largest absolute Gasteiger partial charge is 0.390 e. The number of aliphatic hydroxyl groups excluding tert-OH is 1. The maximum absolute atomic E-state index is 9.93. The molecule has 1 aliphatic carbocycles. The third kappa shape index (κ3) is 6.99. The molecule has 2 unspecified atom stereocenters. The summed E-state index contributed by atoms with van der Waals surface area (Å²) in [4.78, 5) is 0. The van der Waals surface area contributed by atoms with Gasteiger partial charge in [0, 0.05) is 7.11 Å². The van der Waals surface area contributed by atoms with Gasteiger partial charge in [-0.2, -0.15) is 0 Å². The molecule has 0 bridgehead atoms. The first-order valence-corrected chi connectivity index (χ1v) is 6.71. The van der Waals surface area contributed by atoms with Crippen LogP contribution in [-0.2, 0) is 14.2 Å². The van der Waals surface area contributed by atoms with E-state index in [0.717, 1.165) is 25.7 Å². The van der Waals surface area contributed by atoms with Crippen molar-refractivity contribution in [1.29, 1.82) is 0 Å². The quantitative estimate of drug-likeness (QED) is 0.695. The van der Waals surface area contributed by atoms with Crippen molar-refractivity contribution < 1.29 is 19.3 Å². The van der Waals surface area contributed by atoms with Gasteiger partial charge in [-0.3, -0.25) is 0 Å². The number of hydrogen-bond acceptors (Lipinski definition) is 4. The first-order chi connectivity index (χ1) is 8.34. The summed E-state index contributed by atoms with van der Waals surface area (Å²) in [5, 5.41) is 9.93. The molecule has 2 atom stereocenters. The standard InChI is InChI=1S/C13H26O4/c1-15-8-9-16-10-11-17-13-7-5-3-2-4-6-12(13)14/h12-14H,2-11H2,1H3. The highest BCUT2D eigenvalue weighted by Crippen LogP contribution is 2.19. The van der Waals surface area contributed by atoms with Gasteiger partial charge in [-0.1, -0.05) is 25.7 Å². The summed E-state index contributed by atoms with van der Waals surface area (Å²) >= 11 is 0. The molecule has 1 fully saturated rings. The Kier molecular flexibility index (Phi) is 8.61. The van der Waals surface area contributed by atoms with Crippen LogP contribution in [0.5, 0.6) is 0 Å². The van der Waals surface area contributed by atoms with Gasteiger partial charge in [-0.15, -0.1) is 0 Å². The molecule has 0 aliphatic heterocycles. The van der Waals surface area contributed by atoms with E-state index in [9.17, 15) is 5.11 Å². The van der Waals surface area contributed by atoms with Crippen molar-refractivity contribution in [2.45, 2.75) is 50.7 Å². The van der Waals surface area contributed by atoms with Crippen molar-refractivity contribution in [3.8, 4) is 0 Å². The third-order valence-corrected chi connectivity index (χ3v) is 3.16. The van der Waals surface area contributed by atoms with Crippen LogP contribution < -0.4 is 0 Å². The second-order valence-electron chi connectivity index (χ2n) is 4.57. The lowest BCUT2D eigenvalue weighted by molar-refractivity contribution is -0.0680. The Hall–Kier alpha value is -0.160. The summed E-state index contributed by atoms with van der Waals surface area (Å²) in [5.41, 5.74) is 0. The van der Waals surface area contributed by atoms with Crippen molar-refractivity contribution in [1.82, 2.24) is 0 Å². The van der Waals surface area contributed by atoms with Gasteiger partial charge in [0.25, 0.3) is 0 Å². The zero-order chi connectivity index (χ0) is 12.3. The van der Waals surface area contributed by atoms with Crippen LogP contribution in [0.3, 0.4) is 0 Å². The Bertz CT molecular complexity index is 175. The predicted molar refractivity (Wildman–Crippen MR) is 66.1 cm³/mol. The van der Waals surface area contributed by atoms with Crippen LogP contribution in [-0.4, -0.2) is 50.9 Å². The second kappa shape index (κ2) is 9.83. The van der Waals surface area contributed by atoms with Crippen LogP contribution >= 0.6 is 0 Å². The lowest BCUT2D eigenvalue weighted by atomic mass is 9.96. The fourth-order valence-corrected chi connectivity index (χ4v) is 2.13. The van der Waals surface area contributed by atoms with Gasteiger partial charge in [-0.05, 0) is 12.8 Å². The van der Waals surface area contributed by atoms with Crippen molar-refractivity contribution >= 4 is 0 Å². The SMILES string of the molecule is COCCOCCOC1CCCCCCC1O. The van der Waals surface area contributed by atoms with E-state index in [4.69, 9.17) is 14.2 Å². The molecule has 0 radical (unpaired) electrons. The summed E-state index contributed by atoms with van der Waals surface area (Å²) in [6.07, 6.45) is 6.32. The molecule has 0 aromatic rings. The van der Waals surface area contributed by atoms with Crippen molar-refractivity contribution in [3.05, 3.63) is 0 Å². The fraction of sp³-hybridized carbons (Fsp3) is 1.00. The maximum atomic E-state index is 9.93. The van der Waals surface area contributed by atoms with E-state index in [2.05, 4.69) is 0 Å². The highest BCUT2D eigenvalue weighted by Gasteiger charge is 2.20. The van der Waals surface area contributed by atoms with Gasteiger partial charge in [0.2, 0.25) is 0 Å². The minimum atomic E-state index is -0.297. The number of hydrogen-bond donors (Lipinski definition) is 1. The Morgan fingerprint density at radius 2 is 1.65 bits per heavy atom. The van der Waals surface area contributed by atoms with E-state index < -0.39 is 0 Å².